The Morgan fingerprint density at radius 1 is 1.12 bits per heavy atom. The van der Waals surface area contributed by atoms with Crippen LogP contribution in [0.3, 0.4) is 0 Å². The van der Waals surface area contributed by atoms with Crippen molar-refractivity contribution in [3.63, 3.8) is 0 Å². The van der Waals surface area contributed by atoms with Crippen molar-refractivity contribution in [3.8, 4) is 0 Å². The number of carbonyl (C=O) groups is 2. The number of carbonyl (C=O) groups excluding carboxylic acids is 2. The van der Waals surface area contributed by atoms with E-state index >= 15 is 0 Å². The standard InChI is InChI=1S/C17H14ClF2NO3/c1-2-10-3-5-11(6-4-10)21-16(22)9-24-17(23)12-7-14(19)15(20)8-13(12)18/h3-8H,2,9H2,1H3,(H,21,22). The van der Waals surface area contributed by atoms with Crippen LogP contribution in [0.25, 0.3) is 0 Å². The number of halogens is 3. The Bertz CT molecular complexity index is 763. The Morgan fingerprint density at radius 2 is 1.75 bits per heavy atom. The third kappa shape index (κ3) is 4.52. The Kier molecular flexibility index (Phi) is 5.87. The summed E-state index contributed by atoms with van der Waals surface area (Å²) in [5, 5.41) is 2.26. The van der Waals surface area contributed by atoms with E-state index in [4.69, 9.17) is 16.3 Å². The third-order valence-corrected chi connectivity index (χ3v) is 3.52. The van der Waals surface area contributed by atoms with Crippen molar-refractivity contribution in [2.45, 2.75) is 13.3 Å². The van der Waals surface area contributed by atoms with Gasteiger partial charge in [0.05, 0.1) is 10.6 Å². The van der Waals surface area contributed by atoms with Gasteiger partial charge in [-0.25, -0.2) is 13.6 Å². The minimum absolute atomic E-state index is 0.297. The van der Waals surface area contributed by atoms with Crippen molar-refractivity contribution in [1.82, 2.24) is 0 Å². The van der Waals surface area contributed by atoms with E-state index in [2.05, 4.69) is 5.32 Å². The number of rotatable bonds is 5. The second-order valence-corrected chi connectivity index (χ2v) is 5.33. The molecular formula is C17H14ClF2NO3. The van der Waals surface area contributed by atoms with E-state index in [9.17, 15) is 18.4 Å². The second kappa shape index (κ2) is 7.88. The van der Waals surface area contributed by atoms with Crippen LogP contribution in [0.1, 0.15) is 22.8 Å². The molecule has 0 aliphatic carbocycles. The van der Waals surface area contributed by atoms with E-state index in [1.54, 1.807) is 12.1 Å². The quantitative estimate of drug-likeness (QED) is 0.653. The molecule has 0 atom stereocenters. The number of anilines is 1. The summed E-state index contributed by atoms with van der Waals surface area (Å²) in [5.74, 6) is -3.99. The lowest BCUT2D eigenvalue weighted by Crippen LogP contribution is -2.21. The van der Waals surface area contributed by atoms with Crippen molar-refractivity contribution in [2.24, 2.45) is 0 Å². The number of esters is 1. The summed E-state index contributed by atoms with van der Waals surface area (Å²) in [7, 11) is 0. The summed E-state index contributed by atoms with van der Waals surface area (Å²) in [6.07, 6.45) is 0.876. The van der Waals surface area contributed by atoms with Crippen molar-refractivity contribution < 1.29 is 23.1 Å². The summed E-state index contributed by atoms with van der Waals surface area (Å²) in [4.78, 5) is 23.5. The van der Waals surface area contributed by atoms with Crippen LogP contribution in [-0.4, -0.2) is 18.5 Å². The summed E-state index contributed by atoms with van der Waals surface area (Å²) in [5.41, 5.74) is 1.32. The van der Waals surface area contributed by atoms with Crippen LogP contribution < -0.4 is 5.32 Å². The average molecular weight is 354 g/mol. The molecule has 1 N–H and O–H groups in total. The van der Waals surface area contributed by atoms with Crippen molar-refractivity contribution >= 4 is 29.2 Å². The van der Waals surface area contributed by atoms with Crippen LogP contribution >= 0.6 is 11.6 Å². The zero-order valence-corrected chi connectivity index (χ0v) is 13.5. The van der Waals surface area contributed by atoms with Crippen molar-refractivity contribution in [3.05, 3.63) is 64.2 Å². The van der Waals surface area contributed by atoms with Gasteiger partial charge in [-0.15, -0.1) is 0 Å². The first-order chi connectivity index (χ1) is 11.4. The Labute approximate surface area is 142 Å². The van der Waals surface area contributed by atoms with Gasteiger partial charge in [0.2, 0.25) is 0 Å². The van der Waals surface area contributed by atoms with Gasteiger partial charge in [0.1, 0.15) is 0 Å². The highest BCUT2D eigenvalue weighted by atomic mass is 35.5. The Hall–Kier alpha value is -2.47. The molecule has 0 radical (unpaired) electrons. The van der Waals surface area contributed by atoms with Crippen LogP contribution in [0.15, 0.2) is 36.4 Å². The van der Waals surface area contributed by atoms with E-state index < -0.39 is 30.1 Å². The van der Waals surface area contributed by atoms with Crippen LogP contribution in [0.5, 0.6) is 0 Å². The van der Waals surface area contributed by atoms with E-state index in [0.717, 1.165) is 12.0 Å². The highest BCUT2D eigenvalue weighted by molar-refractivity contribution is 6.33. The highest BCUT2D eigenvalue weighted by Crippen LogP contribution is 2.20. The molecule has 24 heavy (non-hydrogen) atoms. The van der Waals surface area contributed by atoms with Gasteiger partial charge in [0, 0.05) is 5.69 Å². The fraction of sp³-hybridized carbons (Fsp3) is 0.176. The van der Waals surface area contributed by atoms with Gasteiger partial charge in [0.15, 0.2) is 18.2 Å². The van der Waals surface area contributed by atoms with Crippen LogP contribution in [0.2, 0.25) is 5.02 Å². The highest BCUT2D eigenvalue weighted by Gasteiger charge is 2.17. The molecule has 4 nitrogen and oxygen atoms in total. The molecule has 0 heterocycles. The lowest BCUT2D eigenvalue weighted by molar-refractivity contribution is -0.119. The van der Waals surface area contributed by atoms with Gasteiger partial charge in [-0.2, -0.15) is 0 Å². The Morgan fingerprint density at radius 3 is 2.38 bits per heavy atom. The van der Waals surface area contributed by atoms with Crippen molar-refractivity contribution in [2.75, 3.05) is 11.9 Å². The summed E-state index contributed by atoms with van der Waals surface area (Å²) < 4.78 is 30.9. The zero-order chi connectivity index (χ0) is 17.7. The minimum Gasteiger partial charge on any atom is -0.452 e. The molecule has 1 amide bonds. The third-order valence-electron chi connectivity index (χ3n) is 3.21. The number of amides is 1. The summed E-state index contributed by atoms with van der Waals surface area (Å²) in [6, 6.07) is 8.48. The van der Waals surface area contributed by atoms with Gasteiger partial charge in [-0.1, -0.05) is 30.7 Å². The lowest BCUT2D eigenvalue weighted by Gasteiger charge is -2.08. The molecule has 0 aliphatic rings. The molecule has 2 rings (SSSR count). The van der Waals surface area contributed by atoms with Gasteiger partial charge >= 0.3 is 5.97 Å². The molecule has 126 valence electrons. The Balaban J connectivity index is 1.93. The second-order valence-electron chi connectivity index (χ2n) is 4.92. The fourth-order valence-corrected chi connectivity index (χ4v) is 2.14. The van der Waals surface area contributed by atoms with Gasteiger partial charge < -0.3 is 10.1 Å². The fourth-order valence-electron chi connectivity index (χ4n) is 1.91. The molecule has 0 aromatic heterocycles. The molecule has 2 aromatic carbocycles. The number of hydrogen-bond acceptors (Lipinski definition) is 3. The monoisotopic (exact) mass is 353 g/mol. The number of nitrogens with one attached hydrogen (secondary N) is 1. The van der Waals surface area contributed by atoms with Crippen molar-refractivity contribution in [1.29, 1.82) is 0 Å². The topological polar surface area (TPSA) is 55.4 Å². The molecule has 0 unspecified atom stereocenters. The molecule has 7 heteroatoms. The van der Waals surface area contributed by atoms with Gasteiger partial charge in [0.25, 0.3) is 5.91 Å². The van der Waals surface area contributed by atoms with Crippen LogP contribution in [0, 0.1) is 11.6 Å². The van der Waals surface area contributed by atoms with E-state index in [1.807, 2.05) is 19.1 Å². The maximum Gasteiger partial charge on any atom is 0.340 e. The summed E-state index contributed by atoms with van der Waals surface area (Å²) >= 11 is 5.66. The molecule has 0 bridgehead atoms. The van der Waals surface area contributed by atoms with Crippen LogP contribution in [-0.2, 0) is 16.0 Å². The molecule has 0 saturated heterocycles. The normalized spacial score (nSPS) is 10.3. The lowest BCUT2D eigenvalue weighted by atomic mass is 10.1. The SMILES string of the molecule is CCc1ccc(NC(=O)COC(=O)c2cc(F)c(F)cc2Cl)cc1. The molecule has 2 aromatic rings. The van der Waals surface area contributed by atoms with Gasteiger partial charge in [-0.3, -0.25) is 4.79 Å². The average Bonchev–Trinajstić information content (AvgIpc) is 2.56. The van der Waals surface area contributed by atoms with Crippen LogP contribution in [0.4, 0.5) is 14.5 Å². The maximum absolute atomic E-state index is 13.1. The maximum atomic E-state index is 13.1. The largest absolute Gasteiger partial charge is 0.452 e. The molecule has 0 spiro atoms. The smallest absolute Gasteiger partial charge is 0.340 e. The van der Waals surface area contributed by atoms with E-state index in [0.29, 0.717) is 17.8 Å². The first-order valence-electron chi connectivity index (χ1n) is 7.11. The number of ether oxygens (including phenoxy) is 1. The molecule has 0 fully saturated rings. The first-order valence-corrected chi connectivity index (χ1v) is 7.49. The first kappa shape index (κ1) is 17.9. The molecular weight excluding hydrogens is 340 g/mol. The molecule has 0 aliphatic heterocycles. The minimum atomic E-state index is -1.23. The van der Waals surface area contributed by atoms with E-state index in [-0.39, 0.29) is 10.6 Å². The predicted molar refractivity (Wildman–Crippen MR) is 86.1 cm³/mol. The number of aryl methyl sites for hydroxylation is 1. The van der Waals surface area contributed by atoms with E-state index in [1.165, 1.54) is 0 Å². The number of benzene rings is 2. The number of hydrogen-bond donors (Lipinski definition) is 1. The van der Waals surface area contributed by atoms with Gasteiger partial charge in [-0.05, 0) is 36.2 Å². The zero-order valence-electron chi connectivity index (χ0n) is 12.7. The molecule has 0 saturated carbocycles. The summed E-state index contributed by atoms with van der Waals surface area (Å²) in [6.45, 7) is 1.43. The predicted octanol–water partition coefficient (Wildman–Crippen LogP) is 3.98.